The Kier molecular flexibility index (Phi) is 4.39. The van der Waals surface area contributed by atoms with E-state index in [-0.39, 0.29) is 5.02 Å². The van der Waals surface area contributed by atoms with Gasteiger partial charge in [-0.25, -0.2) is 4.99 Å². The highest BCUT2D eigenvalue weighted by molar-refractivity contribution is 6.52. The Hall–Kier alpha value is -2.45. The lowest BCUT2D eigenvalue weighted by Gasteiger charge is -2.28. The first-order valence-corrected chi connectivity index (χ1v) is 8.59. The van der Waals surface area contributed by atoms with Crippen molar-refractivity contribution in [3.63, 3.8) is 0 Å². The number of ether oxygens (including phenoxy) is 1. The summed E-state index contributed by atoms with van der Waals surface area (Å²) in [4.78, 5) is 11.0. The van der Waals surface area contributed by atoms with E-state index in [9.17, 15) is 13.2 Å². The zero-order valence-corrected chi connectivity index (χ0v) is 15.0. The normalized spacial score (nSPS) is 15.7. The van der Waals surface area contributed by atoms with Crippen molar-refractivity contribution in [3.8, 4) is 5.75 Å². The summed E-state index contributed by atoms with van der Waals surface area (Å²) in [5.41, 5.74) is 1.91. The molecule has 2 heterocycles. The van der Waals surface area contributed by atoms with Gasteiger partial charge in [-0.3, -0.25) is 4.99 Å². The number of fused-ring (bicyclic) bond motifs is 3. The van der Waals surface area contributed by atoms with Crippen LogP contribution in [0.4, 0.5) is 30.2 Å². The molecule has 5 nitrogen and oxygen atoms in total. The van der Waals surface area contributed by atoms with Gasteiger partial charge in [0.15, 0.2) is 11.7 Å². The number of amidine groups is 2. The number of hydrogen-bond donors (Lipinski definition) is 1. The molecule has 4 rings (SSSR count). The molecular weight excluding hydrogens is 404 g/mol. The monoisotopic (exact) mass is 414 g/mol. The standard InChI is InChI=1S/C17H11Cl2F3N4O/c18-10-2-1-3-12-14(10)26-7-6-23-16(26)15(25-12)24-9-4-5-13(11(19)8-9)27-17(20,21)22/h1-5,8H,6-7H2,(H,24,25). The van der Waals surface area contributed by atoms with Gasteiger partial charge in [0.2, 0.25) is 0 Å². The fraction of sp³-hybridized carbons (Fsp3) is 0.176. The summed E-state index contributed by atoms with van der Waals surface area (Å²) in [6.07, 6.45) is -4.81. The van der Waals surface area contributed by atoms with Crippen LogP contribution in [0.2, 0.25) is 10.0 Å². The minimum atomic E-state index is -4.81. The number of rotatable bonds is 2. The van der Waals surface area contributed by atoms with Crippen LogP contribution < -0.4 is 15.0 Å². The van der Waals surface area contributed by atoms with E-state index in [0.29, 0.717) is 41.2 Å². The number of alkyl halides is 3. The Labute approximate surface area is 162 Å². The van der Waals surface area contributed by atoms with Gasteiger partial charge in [-0.15, -0.1) is 13.2 Å². The predicted octanol–water partition coefficient (Wildman–Crippen LogP) is 5.27. The average molecular weight is 415 g/mol. The highest BCUT2D eigenvalue weighted by Gasteiger charge is 2.33. The lowest BCUT2D eigenvalue weighted by Crippen LogP contribution is -2.39. The Bertz CT molecular complexity index is 975. The summed E-state index contributed by atoms with van der Waals surface area (Å²) in [6.45, 7) is 1.24. The maximum absolute atomic E-state index is 12.4. The van der Waals surface area contributed by atoms with Crippen LogP contribution >= 0.6 is 23.2 Å². The summed E-state index contributed by atoms with van der Waals surface area (Å²) in [6, 6.07) is 9.29. The Balaban J connectivity index is 1.65. The molecule has 10 heteroatoms. The van der Waals surface area contributed by atoms with Crippen LogP contribution in [-0.4, -0.2) is 31.1 Å². The van der Waals surface area contributed by atoms with Crippen LogP contribution in [0.3, 0.4) is 0 Å². The van der Waals surface area contributed by atoms with Crippen LogP contribution in [-0.2, 0) is 0 Å². The van der Waals surface area contributed by atoms with Crippen molar-refractivity contribution in [2.75, 3.05) is 23.3 Å². The molecule has 0 spiro atoms. The second-order valence-corrected chi connectivity index (χ2v) is 6.56. The van der Waals surface area contributed by atoms with Gasteiger partial charge < -0.3 is 15.0 Å². The van der Waals surface area contributed by atoms with Crippen molar-refractivity contribution in [2.45, 2.75) is 6.36 Å². The number of para-hydroxylation sites is 1. The van der Waals surface area contributed by atoms with Crippen molar-refractivity contribution >= 4 is 51.9 Å². The van der Waals surface area contributed by atoms with E-state index < -0.39 is 12.1 Å². The van der Waals surface area contributed by atoms with Gasteiger partial charge in [-0.2, -0.15) is 0 Å². The molecule has 2 aromatic carbocycles. The van der Waals surface area contributed by atoms with E-state index >= 15 is 0 Å². The van der Waals surface area contributed by atoms with E-state index in [1.54, 1.807) is 12.1 Å². The van der Waals surface area contributed by atoms with Gasteiger partial charge in [-0.1, -0.05) is 29.3 Å². The molecule has 1 N–H and O–H groups in total. The van der Waals surface area contributed by atoms with E-state index in [1.165, 1.54) is 12.1 Å². The lowest BCUT2D eigenvalue weighted by atomic mass is 10.2. The number of hydrogen-bond acceptors (Lipinski definition) is 5. The molecule has 0 aliphatic carbocycles. The molecule has 0 bridgehead atoms. The first-order chi connectivity index (χ1) is 12.8. The molecule has 0 amide bonds. The van der Waals surface area contributed by atoms with Gasteiger partial charge >= 0.3 is 6.36 Å². The number of benzene rings is 2. The summed E-state index contributed by atoms with van der Waals surface area (Å²) < 4.78 is 41.0. The van der Waals surface area contributed by atoms with Gasteiger partial charge in [0.25, 0.3) is 0 Å². The second-order valence-electron chi connectivity index (χ2n) is 5.74. The largest absolute Gasteiger partial charge is 0.573 e. The first kappa shape index (κ1) is 17.9. The number of aliphatic imine (C=N–C) groups is 2. The Morgan fingerprint density at radius 3 is 2.67 bits per heavy atom. The Morgan fingerprint density at radius 1 is 1.11 bits per heavy atom. The second kappa shape index (κ2) is 6.61. The molecule has 0 radical (unpaired) electrons. The van der Waals surface area contributed by atoms with Crippen LogP contribution in [0, 0.1) is 0 Å². The third-order valence-electron chi connectivity index (χ3n) is 3.94. The van der Waals surface area contributed by atoms with Crippen LogP contribution in [0.5, 0.6) is 5.75 Å². The fourth-order valence-electron chi connectivity index (χ4n) is 2.91. The third kappa shape index (κ3) is 3.54. The number of nitrogens with zero attached hydrogens (tertiary/aromatic N) is 3. The quantitative estimate of drug-likeness (QED) is 0.728. The van der Waals surface area contributed by atoms with Gasteiger partial charge in [-0.05, 0) is 30.3 Å². The minimum absolute atomic E-state index is 0.178. The average Bonchev–Trinajstić information content (AvgIpc) is 3.06. The summed E-state index contributed by atoms with van der Waals surface area (Å²) in [5, 5.41) is 3.45. The number of anilines is 2. The molecule has 0 atom stereocenters. The van der Waals surface area contributed by atoms with Crippen molar-refractivity contribution in [3.05, 3.63) is 46.4 Å². The zero-order chi connectivity index (χ0) is 19.2. The fourth-order valence-corrected chi connectivity index (χ4v) is 3.40. The van der Waals surface area contributed by atoms with E-state index in [4.69, 9.17) is 23.2 Å². The minimum Gasteiger partial charge on any atom is -0.404 e. The smallest absolute Gasteiger partial charge is 0.404 e. The molecule has 2 aromatic rings. The zero-order valence-electron chi connectivity index (χ0n) is 13.5. The van der Waals surface area contributed by atoms with Gasteiger partial charge in [0.05, 0.1) is 28.0 Å². The number of halogens is 5. The van der Waals surface area contributed by atoms with Gasteiger partial charge in [0, 0.05) is 12.2 Å². The van der Waals surface area contributed by atoms with Gasteiger partial charge in [0.1, 0.15) is 5.75 Å². The molecule has 27 heavy (non-hydrogen) atoms. The highest BCUT2D eigenvalue weighted by atomic mass is 35.5. The van der Waals surface area contributed by atoms with Crippen molar-refractivity contribution in [1.29, 1.82) is 0 Å². The third-order valence-corrected chi connectivity index (χ3v) is 4.54. The van der Waals surface area contributed by atoms with Crippen molar-refractivity contribution in [1.82, 2.24) is 0 Å². The molecule has 0 saturated carbocycles. The number of nitrogens with one attached hydrogen (secondary N) is 1. The lowest BCUT2D eigenvalue weighted by molar-refractivity contribution is -0.274. The van der Waals surface area contributed by atoms with Crippen LogP contribution in [0.15, 0.2) is 46.4 Å². The van der Waals surface area contributed by atoms with Crippen molar-refractivity contribution in [2.24, 2.45) is 9.98 Å². The molecule has 0 saturated heterocycles. The van der Waals surface area contributed by atoms with E-state index in [1.807, 2.05) is 11.0 Å². The molecule has 2 aliphatic heterocycles. The van der Waals surface area contributed by atoms with Crippen LogP contribution in [0.25, 0.3) is 0 Å². The molecule has 140 valence electrons. The Morgan fingerprint density at radius 2 is 1.93 bits per heavy atom. The summed E-state index contributed by atoms with van der Waals surface area (Å²) in [5.74, 6) is 0.599. The van der Waals surface area contributed by atoms with E-state index in [2.05, 4.69) is 20.0 Å². The van der Waals surface area contributed by atoms with Crippen molar-refractivity contribution < 1.29 is 17.9 Å². The topological polar surface area (TPSA) is 49.2 Å². The molecule has 0 aromatic heterocycles. The molecule has 0 unspecified atom stereocenters. The van der Waals surface area contributed by atoms with Crippen LogP contribution in [0.1, 0.15) is 0 Å². The molecule has 0 fully saturated rings. The summed E-state index contributed by atoms with van der Waals surface area (Å²) in [7, 11) is 0. The SMILES string of the molecule is FC(F)(F)Oc1ccc(NC2=Nc3cccc(Cl)c3N3CCN=C23)cc1Cl. The first-order valence-electron chi connectivity index (χ1n) is 7.84. The maximum Gasteiger partial charge on any atom is 0.573 e. The molecular formula is C17H11Cl2F3N4O. The highest BCUT2D eigenvalue weighted by Crippen LogP contribution is 2.40. The maximum atomic E-state index is 12.4. The molecule has 2 aliphatic rings. The van der Waals surface area contributed by atoms with E-state index in [0.717, 1.165) is 11.8 Å². The summed E-state index contributed by atoms with van der Waals surface area (Å²) >= 11 is 12.2. The predicted molar refractivity (Wildman–Crippen MR) is 100.0 cm³/mol.